The highest BCUT2D eigenvalue weighted by Gasteiger charge is 2.12. The fraction of sp³-hybridized carbons (Fsp3) is 0.200. The first-order valence-corrected chi connectivity index (χ1v) is 4.71. The molecule has 0 unspecified atom stereocenters. The van der Waals surface area contributed by atoms with Crippen molar-refractivity contribution in [3.63, 3.8) is 0 Å². The van der Waals surface area contributed by atoms with E-state index in [9.17, 15) is 14.9 Å². The maximum absolute atomic E-state index is 11.3. The van der Waals surface area contributed by atoms with Gasteiger partial charge in [-0.25, -0.2) is 0 Å². The highest BCUT2D eigenvalue weighted by molar-refractivity contribution is 5.93. The molecule has 0 atom stereocenters. The number of nitrogens with one attached hydrogen (secondary N) is 2. The SMILES string of the molecule is CNCC(=O)Nc1ccc([N+](=O)[O-])cc1C#N. The molecule has 0 spiro atoms. The smallest absolute Gasteiger partial charge is 0.270 e. The van der Waals surface area contributed by atoms with E-state index >= 15 is 0 Å². The Morgan fingerprint density at radius 2 is 2.29 bits per heavy atom. The number of non-ortho nitro benzene ring substituents is 1. The summed E-state index contributed by atoms with van der Waals surface area (Å²) >= 11 is 0. The molecule has 0 aliphatic carbocycles. The molecule has 1 amide bonds. The predicted octanol–water partition coefficient (Wildman–Crippen LogP) is 0.624. The Kier molecular flexibility index (Phi) is 4.14. The van der Waals surface area contributed by atoms with Crippen molar-refractivity contribution >= 4 is 17.3 Å². The van der Waals surface area contributed by atoms with Crippen molar-refractivity contribution in [3.05, 3.63) is 33.9 Å². The molecule has 1 aromatic rings. The van der Waals surface area contributed by atoms with Crippen LogP contribution < -0.4 is 10.6 Å². The molecular formula is C10H10N4O3. The minimum atomic E-state index is -0.597. The van der Waals surface area contributed by atoms with Crippen LogP contribution in [-0.4, -0.2) is 24.4 Å². The molecule has 0 fully saturated rings. The lowest BCUT2D eigenvalue weighted by Gasteiger charge is -2.06. The summed E-state index contributed by atoms with van der Waals surface area (Å²) < 4.78 is 0. The van der Waals surface area contributed by atoms with E-state index < -0.39 is 4.92 Å². The topological polar surface area (TPSA) is 108 Å². The Morgan fingerprint density at radius 3 is 2.82 bits per heavy atom. The first kappa shape index (κ1) is 12.6. The summed E-state index contributed by atoms with van der Waals surface area (Å²) in [7, 11) is 1.61. The summed E-state index contributed by atoms with van der Waals surface area (Å²) in [5, 5.41) is 24.5. The maximum Gasteiger partial charge on any atom is 0.270 e. The molecule has 0 saturated heterocycles. The van der Waals surface area contributed by atoms with Crippen molar-refractivity contribution in [2.75, 3.05) is 18.9 Å². The second kappa shape index (κ2) is 5.58. The number of carbonyl (C=O) groups is 1. The second-order valence-electron chi connectivity index (χ2n) is 3.18. The zero-order valence-electron chi connectivity index (χ0n) is 9.06. The number of nitro groups is 1. The molecule has 0 bridgehead atoms. The number of benzene rings is 1. The number of nitriles is 1. The van der Waals surface area contributed by atoms with E-state index in [0.717, 1.165) is 6.07 Å². The van der Waals surface area contributed by atoms with Gasteiger partial charge in [0.05, 0.1) is 22.7 Å². The number of amides is 1. The number of anilines is 1. The third kappa shape index (κ3) is 3.25. The summed E-state index contributed by atoms with van der Waals surface area (Å²) in [6, 6.07) is 5.49. The van der Waals surface area contributed by atoms with Crippen LogP contribution in [0.25, 0.3) is 0 Å². The minimum absolute atomic E-state index is 0.0589. The Morgan fingerprint density at radius 1 is 1.59 bits per heavy atom. The van der Waals surface area contributed by atoms with Gasteiger partial charge in [0.2, 0.25) is 5.91 Å². The van der Waals surface area contributed by atoms with Crippen LogP contribution in [-0.2, 0) is 4.79 Å². The lowest BCUT2D eigenvalue weighted by atomic mass is 10.1. The molecule has 2 N–H and O–H groups in total. The van der Waals surface area contributed by atoms with Crippen LogP contribution in [0, 0.1) is 21.4 Å². The van der Waals surface area contributed by atoms with E-state index in [2.05, 4.69) is 10.6 Å². The number of carbonyl (C=O) groups excluding carboxylic acids is 1. The standard InChI is InChI=1S/C10H10N4O3/c1-12-6-10(15)13-9-3-2-8(14(16)17)4-7(9)5-11/h2-4,12H,6H2,1H3,(H,13,15). The molecule has 0 aliphatic rings. The van der Waals surface area contributed by atoms with Gasteiger partial charge in [-0.05, 0) is 13.1 Å². The molecule has 7 heteroatoms. The molecule has 88 valence electrons. The Balaban J connectivity index is 2.98. The third-order valence-corrected chi connectivity index (χ3v) is 1.95. The minimum Gasteiger partial charge on any atom is -0.324 e. The van der Waals surface area contributed by atoms with Crippen molar-refractivity contribution in [1.82, 2.24) is 5.32 Å². The van der Waals surface area contributed by atoms with Gasteiger partial charge in [-0.3, -0.25) is 14.9 Å². The zero-order chi connectivity index (χ0) is 12.8. The Labute approximate surface area is 97.2 Å². The third-order valence-electron chi connectivity index (χ3n) is 1.95. The Hall–Kier alpha value is -2.46. The number of rotatable bonds is 4. The van der Waals surface area contributed by atoms with E-state index in [4.69, 9.17) is 5.26 Å². The van der Waals surface area contributed by atoms with Crippen LogP contribution in [0.5, 0.6) is 0 Å². The monoisotopic (exact) mass is 234 g/mol. The summed E-state index contributed by atoms with van der Waals surface area (Å²) in [5.74, 6) is -0.321. The fourth-order valence-corrected chi connectivity index (χ4v) is 1.20. The predicted molar refractivity (Wildman–Crippen MR) is 60.4 cm³/mol. The highest BCUT2D eigenvalue weighted by Crippen LogP contribution is 2.21. The van der Waals surface area contributed by atoms with Gasteiger partial charge in [-0.2, -0.15) is 5.26 Å². The maximum atomic E-state index is 11.3. The van der Waals surface area contributed by atoms with Gasteiger partial charge in [0.1, 0.15) is 6.07 Å². The molecule has 0 radical (unpaired) electrons. The quantitative estimate of drug-likeness (QED) is 0.586. The molecule has 1 rings (SSSR count). The molecule has 0 saturated carbocycles. The van der Waals surface area contributed by atoms with Crippen LogP contribution in [0.1, 0.15) is 5.56 Å². The summed E-state index contributed by atoms with van der Waals surface area (Å²) in [5.41, 5.74) is 0.134. The van der Waals surface area contributed by atoms with Gasteiger partial charge in [0, 0.05) is 12.1 Å². The second-order valence-corrected chi connectivity index (χ2v) is 3.18. The average Bonchev–Trinajstić information content (AvgIpc) is 2.29. The van der Waals surface area contributed by atoms with Gasteiger partial charge >= 0.3 is 0 Å². The van der Waals surface area contributed by atoms with E-state index in [1.807, 2.05) is 0 Å². The summed E-state index contributed by atoms with van der Waals surface area (Å²) in [6.45, 7) is 0.0991. The first-order chi connectivity index (χ1) is 8.08. The van der Waals surface area contributed by atoms with Crippen LogP contribution in [0.3, 0.4) is 0 Å². The average molecular weight is 234 g/mol. The van der Waals surface area contributed by atoms with Gasteiger partial charge < -0.3 is 10.6 Å². The molecule has 0 aliphatic heterocycles. The molecular weight excluding hydrogens is 224 g/mol. The molecule has 0 aromatic heterocycles. The number of hydrogen-bond acceptors (Lipinski definition) is 5. The van der Waals surface area contributed by atoms with E-state index in [-0.39, 0.29) is 29.4 Å². The zero-order valence-corrected chi connectivity index (χ0v) is 9.06. The number of nitro benzene ring substituents is 1. The van der Waals surface area contributed by atoms with Crippen molar-refractivity contribution in [3.8, 4) is 6.07 Å². The van der Waals surface area contributed by atoms with E-state index in [1.165, 1.54) is 12.1 Å². The van der Waals surface area contributed by atoms with Crippen LogP contribution in [0.4, 0.5) is 11.4 Å². The van der Waals surface area contributed by atoms with Crippen molar-refractivity contribution in [1.29, 1.82) is 5.26 Å². The van der Waals surface area contributed by atoms with Crippen molar-refractivity contribution in [2.24, 2.45) is 0 Å². The largest absolute Gasteiger partial charge is 0.324 e. The fourth-order valence-electron chi connectivity index (χ4n) is 1.20. The van der Waals surface area contributed by atoms with Crippen LogP contribution in [0.2, 0.25) is 0 Å². The number of nitrogens with zero attached hydrogens (tertiary/aromatic N) is 2. The molecule has 17 heavy (non-hydrogen) atoms. The van der Waals surface area contributed by atoms with Gasteiger partial charge in [0.25, 0.3) is 5.69 Å². The molecule has 0 heterocycles. The summed E-state index contributed by atoms with van der Waals surface area (Å²) in [4.78, 5) is 21.2. The van der Waals surface area contributed by atoms with Gasteiger partial charge in [-0.1, -0.05) is 0 Å². The molecule has 7 nitrogen and oxygen atoms in total. The normalized spacial score (nSPS) is 9.41. The Bertz CT molecular complexity index is 493. The van der Waals surface area contributed by atoms with E-state index in [0.29, 0.717) is 0 Å². The van der Waals surface area contributed by atoms with Gasteiger partial charge in [0.15, 0.2) is 0 Å². The van der Waals surface area contributed by atoms with Crippen LogP contribution in [0.15, 0.2) is 18.2 Å². The lowest BCUT2D eigenvalue weighted by Crippen LogP contribution is -2.25. The molecule has 1 aromatic carbocycles. The first-order valence-electron chi connectivity index (χ1n) is 4.71. The number of likely N-dealkylation sites (N-methyl/N-ethyl adjacent to an activating group) is 1. The number of hydrogen-bond donors (Lipinski definition) is 2. The van der Waals surface area contributed by atoms with Gasteiger partial charge in [-0.15, -0.1) is 0 Å². The summed E-state index contributed by atoms with van der Waals surface area (Å²) in [6.07, 6.45) is 0. The van der Waals surface area contributed by atoms with Crippen molar-refractivity contribution < 1.29 is 9.72 Å². The van der Waals surface area contributed by atoms with E-state index in [1.54, 1.807) is 13.1 Å². The van der Waals surface area contributed by atoms with Crippen LogP contribution >= 0.6 is 0 Å². The van der Waals surface area contributed by atoms with Crippen molar-refractivity contribution in [2.45, 2.75) is 0 Å². The highest BCUT2D eigenvalue weighted by atomic mass is 16.6. The lowest BCUT2D eigenvalue weighted by molar-refractivity contribution is -0.384.